The van der Waals surface area contributed by atoms with E-state index in [4.69, 9.17) is 0 Å². The molecule has 1 aliphatic rings. The molecule has 1 saturated heterocycles. The van der Waals surface area contributed by atoms with Crippen LogP contribution < -0.4 is 21.3 Å². The number of hydrogen-bond donors (Lipinski definition) is 4. The average Bonchev–Trinajstić information content (AvgIpc) is 2.93. The zero-order chi connectivity index (χ0) is 14.4. The minimum absolute atomic E-state index is 0.0299. The van der Waals surface area contributed by atoms with Crippen LogP contribution in [0.15, 0.2) is 24.3 Å². The van der Waals surface area contributed by atoms with E-state index in [9.17, 15) is 9.59 Å². The van der Waals surface area contributed by atoms with E-state index in [-0.39, 0.29) is 18.0 Å². The van der Waals surface area contributed by atoms with E-state index in [0.29, 0.717) is 17.9 Å². The van der Waals surface area contributed by atoms with Gasteiger partial charge < -0.3 is 21.3 Å². The molecule has 6 heteroatoms. The number of hydrogen-bond acceptors (Lipinski definition) is 3. The van der Waals surface area contributed by atoms with Crippen molar-refractivity contribution in [1.29, 1.82) is 0 Å². The number of benzene rings is 1. The van der Waals surface area contributed by atoms with Gasteiger partial charge in [0.05, 0.1) is 6.04 Å². The minimum Gasteiger partial charge on any atom is -0.338 e. The van der Waals surface area contributed by atoms with Gasteiger partial charge in [-0.3, -0.25) is 4.79 Å². The summed E-state index contributed by atoms with van der Waals surface area (Å²) in [7, 11) is 0. The third-order valence-electron chi connectivity index (χ3n) is 3.10. The second-order valence-electron chi connectivity index (χ2n) is 4.70. The zero-order valence-electron chi connectivity index (χ0n) is 11.5. The topological polar surface area (TPSA) is 82.3 Å². The van der Waals surface area contributed by atoms with Gasteiger partial charge >= 0.3 is 6.03 Å². The lowest BCUT2D eigenvalue weighted by Gasteiger charge is -2.12. The maximum atomic E-state index is 12.0. The SMILES string of the molecule is CCNC(=O)Nc1cccc(NC(=O)C2CCCN2)c1. The summed E-state index contributed by atoms with van der Waals surface area (Å²) in [6.45, 7) is 3.30. The number of nitrogens with one attached hydrogen (secondary N) is 4. The number of carbonyl (C=O) groups is 2. The van der Waals surface area contributed by atoms with E-state index >= 15 is 0 Å². The summed E-state index contributed by atoms with van der Waals surface area (Å²) in [6, 6.07) is 6.74. The molecule has 20 heavy (non-hydrogen) atoms. The standard InChI is InChI=1S/C14H20N4O2/c1-2-15-14(20)18-11-6-3-5-10(9-11)17-13(19)12-7-4-8-16-12/h3,5-6,9,12,16H,2,4,7-8H2,1H3,(H,17,19)(H2,15,18,20). The quantitative estimate of drug-likeness (QED) is 0.673. The van der Waals surface area contributed by atoms with Crippen molar-refractivity contribution < 1.29 is 9.59 Å². The van der Waals surface area contributed by atoms with Crippen molar-refractivity contribution in [2.75, 3.05) is 23.7 Å². The third-order valence-corrected chi connectivity index (χ3v) is 3.10. The maximum absolute atomic E-state index is 12.0. The van der Waals surface area contributed by atoms with E-state index in [1.54, 1.807) is 24.3 Å². The van der Waals surface area contributed by atoms with Gasteiger partial charge in [0.2, 0.25) is 5.91 Å². The van der Waals surface area contributed by atoms with Crippen molar-refractivity contribution in [2.45, 2.75) is 25.8 Å². The van der Waals surface area contributed by atoms with Gasteiger partial charge in [0.25, 0.3) is 0 Å². The molecule has 4 N–H and O–H groups in total. The summed E-state index contributed by atoms with van der Waals surface area (Å²) in [6.07, 6.45) is 1.89. The largest absolute Gasteiger partial charge is 0.338 e. The van der Waals surface area contributed by atoms with E-state index < -0.39 is 0 Å². The highest BCUT2D eigenvalue weighted by Crippen LogP contribution is 2.16. The van der Waals surface area contributed by atoms with Gasteiger partial charge in [-0.1, -0.05) is 6.07 Å². The Hall–Kier alpha value is -2.08. The summed E-state index contributed by atoms with van der Waals surface area (Å²) in [5.74, 6) is -0.0299. The van der Waals surface area contributed by atoms with Crippen molar-refractivity contribution in [3.05, 3.63) is 24.3 Å². The summed E-state index contributed by atoms with van der Waals surface area (Å²) in [5, 5.41) is 11.4. The van der Waals surface area contributed by atoms with E-state index in [0.717, 1.165) is 19.4 Å². The maximum Gasteiger partial charge on any atom is 0.319 e. The molecular formula is C14H20N4O2. The molecule has 0 aliphatic carbocycles. The van der Waals surface area contributed by atoms with Crippen LogP contribution in [0.1, 0.15) is 19.8 Å². The van der Waals surface area contributed by atoms with Gasteiger partial charge in [0.15, 0.2) is 0 Å². The highest BCUT2D eigenvalue weighted by atomic mass is 16.2. The number of urea groups is 1. The van der Waals surface area contributed by atoms with Crippen LogP contribution in [0, 0.1) is 0 Å². The third kappa shape index (κ3) is 3.96. The lowest BCUT2D eigenvalue weighted by molar-refractivity contribution is -0.117. The Bertz CT molecular complexity index is 484. The fraction of sp³-hybridized carbons (Fsp3) is 0.429. The smallest absolute Gasteiger partial charge is 0.319 e. The Morgan fingerprint density at radius 3 is 2.70 bits per heavy atom. The van der Waals surface area contributed by atoms with Crippen LogP contribution in [0.25, 0.3) is 0 Å². The van der Waals surface area contributed by atoms with Crippen molar-refractivity contribution in [1.82, 2.24) is 10.6 Å². The molecule has 1 aromatic rings. The van der Waals surface area contributed by atoms with Crippen LogP contribution in [0.3, 0.4) is 0 Å². The molecule has 1 aromatic carbocycles. The minimum atomic E-state index is -0.256. The summed E-state index contributed by atoms with van der Waals surface area (Å²) in [4.78, 5) is 23.4. The Balaban J connectivity index is 1.95. The molecule has 1 atom stereocenters. The molecule has 0 aromatic heterocycles. The normalized spacial score (nSPS) is 17.6. The van der Waals surface area contributed by atoms with Crippen molar-refractivity contribution in [3.63, 3.8) is 0 Å². The van der Waals surface area contributed by atoms with Gasteiger partial charge in [-0.15, -0.1) is 0 Å². The van der Waals surface area contributed by atoms with Gasteiger partial charge in [0, 0.05) is 17.9 Å². The Labute approximate surface area is 118 Å². The second-order valence-corrected chi connectivity index (χ2v) is 4.70. The molecule has 2 rings (SSSR count). The van der Waals surface area contributed by atoms with E-state index in [2.05, 4.69) is 21.3 Å². The van der Waals surface area contributed by atoms with Crippen LogP contribution in [-0.4, -0.2) is 31.1 Å². The molecule has 1 unspecified atom stereocenters. The molecule has 0 bridgehead atoms. The van der Waals surface area contributed by atoms with Gasteiger partial charge in [0.1, 0.15) is 0 Å². The monoisotopic (exact) mass is 276 g/mol. The first-order valence-corrected chi connectivity index (χ1v) is 6.88. The molecule has 3 amide bonds. The van der Waals surface area contributed by atoms with E-state index in [1.165, 1.54) is 0 Å². The summed E-state index contributed by atoms with van der Waals surface area (Å²) in [5.41, 5.74) is 1.33. The van der Waals surface area contributed by atoms with Crippen LogP contribution >= 0.6 is 0 Å². The lowest BCUT2D eigenvalue weighted by Crippen LogP contribution is -2.35. The highest BCUT2D eigenvalue weighted by Gasteiger charge is 2.21. The molecule has 0 radical (unpaired) electrons. The number of anilines is 2. The summed E-state index contributed by atoms with van der Waals surface area (Å²) >= 11 is 0. The fourth-order valence-corrected chi connectivity index (χ4v) is 2.15. The fourth-order valence-electron chi connectivity index (χ4n) is 2.15. The molecule has 0 spiro atoms. The Kier molecular flexibility index (Phi) is 4.95. The van der Waals surface area contributed by atoms with Crippen LogP contribution in [0.4, 0.5) is 16.2 Å². The van der Waals surface area contributed by atoms with Crippen molar-refractivity contribution >= 4 is 23.3 Å². The van der Waals surface area contributed by atoms with Crippen molar-refractivity contribution in [2.24, 2.45) is 0 Å². The van der Waals surface area contributed by atoms with Gasteiger partial charge in [-0.05, 0) is 44.5 Å². The van der Waals surface area contributed by atoms with E-state index in [1.807, 2.05) is 6.92 Å². The van der Waals surface area contributed by atoms with Gasteiger partial charge in [-0.25, -0.2) is 4.79 Å². The number of amides is 3. The number of rotatable bonds is 4. The molecular weight excluding hydrogens is 256 g/mol. The highest BCUT2D eigenvalue weighted by molar-refractivity contribution is 5.96. The van der Waals surface area contributed by atoms with Gasteiger partial charge in [-0.2, -0.15) is 0 Å². The molecule has 108 valence electrons. The zero-order valence-corrected chi connectivity index (χ0v) is 11.5. The molecule has 1 aliphatic heterocycles. The summed E-state index contributed by atoms with van der Waals surface area (Å²) < 4.78 is 0. The predicted octanol–water partition coefficient (Wildman–Crippen LogP) is 1.52. The number of carbonyl (C=O) groups excluding carboxylic acids is 2. The van der Waals surface area contributed by atoms with Crippen LogP contribution in [-0.2, 0) is 4.79 Å². The average molecular weight is 276 g/mol. The predicted molar refractivity (Wildman–Crippen MR) is 78.8 cm³/mol. The first-order chi connectivity index (χ1) is 9.69. The van der Waals surface area contributed by atoms with Crippen molar-refractivity contribution in [3.8, 4) is 0 Å². The van der Waals surface area contributed by atoms with Crippen LogP contribution in [0.2, 0.25) is 0 Å². The molecule has 1 heterocycles. The lowest BCUT2D eigenvalue weighted by atomic mass is 10.2. The molecule has 1 fully saturated rings. The molecule has 6 nitrogen and oxygen atoms in total. The second kappa shape index (κ2) is 6.91. The first-order valence-electron chi connectivity index (χ1n) is 6.88. The molecule has 0 saturated carbocycles. The Morgan fingerprint density at radius 1 is 1.30 bits per heavy atom. The first kappa shape index (κ1) is 14.3. The Morgan fingerprint density at radius 2 is 2.05 bits per heavy atom. The van der Waals surface area contributed by atoms with Crippen LogP contribution in [0.5, 0.6) is 0 Å².